The van der Waals surface area contributed by atoms with Crippen LogP contribution in [0.1, 0.15) is 31.7 Å². The van der Waals surface area contributed by atoms with Gasteiger partial charge in [-0.25, -0.2) is 4.39 Å². The van der Waals surface area contributed by atoms with E-state index in [1.165, 1.54) is 6.07 Å². The number of benzene rings is 1. The molecule has 1 aromatic rings. The molecule has 2 heterocycles. The summed E-state index contributed by atoms with van der Waals surface area (Å²) in [5.74, 6) is -0.921. The number of hydrogen-bond acceptors (Lipinski definition) is 6. The first kappa shape index (κ1) is 23.1. The van der Waals surface area contributed by atoms with E-state index in [-0.39, 0.29) is 49.0 Å². The fraction of sp³-hybridized carbons (Fsp3) is 0.458. The molecule has 2 unspecified atom stereocenters. The van der Waals surface area contributed by atoms with Gasteiger partial charge in [0.05, 0.1) is 6.61 Å². The molecule has 2 aliphatic heterocycles. The summed E-state index contributed by atoms with van der Waals surface area (Å²) in [4.78, 5) is 38.9. The molecule has 176 valence electrons. The predicted molar refractivity (Wildman–Crippen MR) is 119 cm³/mol. The van der Waals surface area contributed by atoms with Crippen LogP contribution in [0, 0.1) is 11.7 Å². The molecule has 0 saturated carbocycles. The number of hydrogen-bond donors (Lipinski definition) is 3. The molecule has 2 saturated heterocycles. The van der Waals surface area contributed by atoms with Crippen molar-refractivity contribution in [1.29, 1.82) is 0 Å². The van der Waals surface area contributed by atoms with Gasteiger partial charge in [0.1, 0.15) is 17.1 Å². The highest BCUT2D eigenvalue weighted by atomic mass is 19.1. The zero-order chi connectivity index (χ0) is 23.6. The Bertz CT molecular complexity index is 1020. The lowest BCUT2D eigenvalue weighted by Gasteiger charge is -2.39. The summed E-state index contributed by atoms with van der Waals surface area (Å²) in [5, 5.41) is 5.70. The second-order valence-corrected chi connectivity index (χ2v) is 8.83. The summed E-state index contributed by atoms with van der Waals surface area (Å²) in [7, 11) is 0. The number of nitrogens with one attached hydrogen (secondary N) is 2. The van der Waals surface area contributed by atoms with Crippen molar-refractivity contribution in [3.05, 3.63) is 53.4 Å². The van der Waals surface area contributed by atoms with E-state index in [9.17, 15) is 18.8 Å². The maximum Gasteiger partial charge on any atom is 0.252 e. The lowest BCUT2D eigenvalue weighted by molar-refractivity contribution is -0.149. The maximum absolute atomic E-state index is 14.4. The molecule has 3 aliphatic rings. The summed E-state index contributed by atoms with van der Waals surface area (Å²) < 4.78 is 20.0. The van der Waals surface area contributed by atoms with Gasteiger partial charge in [-0.2, -0.15) is 0 Å². The fourth-order valence-electron chi connectivity index (χ4n) is 4.57. The molecule has 2 fully saturated rings. The van der Waals surface area contributed by atoms with Crippen molar-refractivity contribution in [2.75, 3.05) is 19.7 Å². The van der Waals surface area contributed by atoms with E-state index < -0.39 is 11.4 Å². The highest BCUT2D eigenvalue weighted by Gasteiger charge is 2.52. The van der Waals surface area contributed by atoms with Crippen LogP contribution in [0.15, 0.2) is 42.0 Å². The zero-order valence-corrected chi connectivity index (χ0v) is 18.6. The Labute approximate surface area is 192 Å². The lowest BCUT2D eigenvalue weighted by Crippen LogP contribution is -2.61. The third-order valence-corrected chi connectivity index (χ3v) is 6.64. The van der Waals surface area contributed by atoms with Crippen molar-refractivity contribution in [2.24, 2.45) is 11.7 Å². The quantitative estimate of drug-likeness (QED) is 0.400. The molecular weight excluding hydrogens is 427 g/mol. The highest BCUT2D eigenvalue weighted by Crippen LogP contribution is 2.37. The Morgan fingerprint density at radius 1 is 1.33 bits per heavy atom. The number of carbonyl (C=O) groups excluding carboxylic acids is 3. The minimum absolute atomic E-state index is 0.184. The Kier molecular flexibility index (Phi) is 6.62. The number of ether oxygens (including phenoxy) is 1. The van der Waals surface area contributed by atoms with Crippen molar-refractivity contribution in [2.45, 2.75) is 44.3 Å². The monoisotopic (exact) mass is 456 g/mol. The van der Waals surface area contributed by atoms with Gasteiger partial charge in [0, 0.05) is 42.6 Å². The first-order valence-corrected chi connectivity index (χ1v) is 11.2. The van der Waals surface area contributed by atoms with Crippen LogP contribution < -0.4 is 21.1 Å². The highest BCUT2D eigenvalue weighted by molar-refractivity contribution is 6.07. The normalized spacial score (nSPS) is 26.8. The van der Waals surface area contributed by atoms with E-state index in [4.69, 9.17) is 10.5 Å². The van der Waals surface area contributed by atoms with Gasteiger partial charge in [-0.15, -0.1) is 0 Å². The summed E-state index contributed by atoms with van der Waals surface area (Å²) in [6.07, 6.45) is 6.71. The predicted octanol–water partition coefficient (Wildman–Crippen LogP) is 1.16. The molecule has 0 radical (unpaired) electrons. The number of allylic oxidation sites excluding steroid dienone is 2. The number of fused-ring (bicyclic) bond motifs is 1. The summed E-state index contributed by atoms with van der Waals surface area (Å²) >= 11 is 0. The number of nitrogens with zero attached hydrogens (tertiary/aromatic N) is 1. The number of halogens is 1. The maximum atomic E-state index is 14.4. The largest absolute Gasteiger partial charge is 0.494 e. The molecule has 4 rings (SSSR count). The molecule has 1 aliphatic carbocycles. The van der Waals surface area contributed by atoms with Gasteiger partial charge >= 0.3 is 0 Å². The van der Waals surface area contributed by atoms with Gasteiger partial charge < -0.3 is 20.7 Å². The fourth-order valence-corrected chi connectivity index (χ4v) is 4.57. The number of amides is 3. The van der Waals surface area contributed by atoms with E-state index in [1.54, 1.807) is 36.1 Å². The Morgan fingerprint density at radius 3 is 2.91 bits per heavy atom. The molecule has 3 atom stereocenters. The minimum atomic E-state index is -1.07. The van der Waals surface area contributed by atoms with Crippen LogP contribution >= 0.6 is 0 Å². The van der Waals surface area contributed by atoms with Gasteiger partial charge in [0.25, 0.3) is 11.8 Å². The van der Waals surface area contributed by atoms with Gasteiger partial charge in [-0.05, 0) is 44.5 Å². The molecular formula is C24H29FN4O4. The number of carbonyl (C=O) groups is 3. The van der Waals surface area contributed by atoms with E-state index in [2.05, 4.69) is 10.6 Å². The Balaban J connectivity index is 1.45. The second kappa shape index (κ2) is 9.44. The Hall–Kier alpha value is -3.04. The van der Waals surface area contributed by atoms with Crippen molar-refractivity contribution in [3.63, 3.8) is 0 Å². The van der Waals surface area contributed by atoms with Crippen LogP contribution in [0.2, 0.25) is 0 Å². The minimum Gasteiger partial charge on any atom is -0.494 e. The van der Waals surface area contributed by atoms with Crippen LogP contribution in [0.3, 0.4) is 0 Å². The standard InChI is InChI=1S/C24H29FN4O4/c1-24(9-8-21(30)28-23(24)32)29-14-18-17(22(29)31)4-2-5-20(18)27-13-15-12-16(6-7-19(15)25)33-11-3-10-26/h2,4-7,12,18,20,27H,3,8-11,13-14,26H2,1H3,(H,28,30,32)/t18?,20?,24-/m0/s1. The molecule has 33 heavy (non-hydrogen) atoms. The van der Waals surface area contributed by atoms with Gasteiger partial charge in [0.15, 0.2) is 0 Å². The number of likely N-dealkylation sites (tertiary alicyclic amines) is 1. The molecule has 0 aromatic heterocycles. The molecule has 4 N–H and O–H groups in total. The van der Waals surface area contributed by atoms with Crippen LogP contribution in [-0.4, -0.2) is 53.9 Å². The third-order valence-electron chi connectivity index (χ3n) is 6.64. The van der Waals surface area contributed by atoms with E-state index >= 15 is 0 Å². The molecule has 9 heteroatoms. The van der Waals surface area contributed by atoms with E-state index in [0.29, 0.717) is 43.0 Å². The SMILES string of the molecule is C[C@]1(N2CC3C(=CC=CC3NCc3cc(OCCCN)ccc3F)C2=O)CCC(=O)NC1=O. The van der Waals surface area contributed by atoms with E-state index in [1.807, 2.05) is 6.08 Å². The summed E-state index contributed by atoms with van der Waals surface area (Å²) in [6.45, 7) is 3.28. The lowest BCUT2D eigenvalue weighted by atomic mass is 9.88. The van der Waals surface area contributed by atoms with Crippen LogP contribution in [0.5, 0.6) is 5.75 Å². The summed E-state index contributed by atoms with van der Waals surface area (Å²) in [5.41, 5.74) is 5.48. The van der Waals surface area contributed by atoms with Crippen molar-refractivity contribution in [3.8, 4) is 5.75 Å². The number of piperidine rings is 1. The second-order valence-electron chi connectivity index (χ2n) is 8.83. The molecule has 8 nitrogen and oxygen atoms in total. The average molecular weight is 457 g/mol. The number of rotatable bonds is 8. The molecule has 0 spiro atoms. The number of nitrogens with two attached hydrogens (primary N) is 1. The first-order chi connectivity index (χ1) is 15.8. The topological polar surface area (TPSA) is 114 Å². The Morgan fingerprint density at radius 2 is 2.15 bits per heavy atom. The van der Waals surface area contributed by atoms with Crippen molar-refractivity contribution < 1.29 is 23.5 Å². The van der Waals surface area contributed by atoms with Gasteiger partial charge in [0.2, 0.25) is 5.91 Å². The zero-order valence-electron chi connectivity index (χ0n) is 18.6. The van der Waals surface area contributed by atoms with Crippen molar-refractivity contribution in [1.82, 2.24) is 15.5 Å². The first-order valence-electron chi connectivity index (χ1n) is 11.2. The van der Waals surface area contributed by atoms with Crippen LogP contribution in [-0.2, 0) is 20.9 Å². The van der Waals surface area contributed by atoms with Crippen LogP contribution in [0.25, 0.3) is 0 Å². The summed E-state index contributed by atoms with van der Waals surface area (Å²) in [6, 6.07) is 4.42. The van der Waals surface area contributed by atoms with E-state index in [0.717, 1.165) is 0 Å². The van der Waals surface area contributed by atoms with Gasteiger partial charge in [-0.1, -0.05) is 18.2 Å². The molecule has 0 bridgehead atoms. The smallest absolute Gasteiger partial charge is 0.252 e. The van der Waals surface area contributed by atoms with Crippen LogP contribution in [0.4, 0.5) is 4.39 Å². The van der Waals surface area contributed by atoms with Gasteiger partial charge in [-0.3, -0.25) is 19.7 Å². The average Bonchev–Trinajstić information content (AvgIpc) is 3.15. The molecule has 3 amide bonds. The van der Waals surface area contributed by atoms with Crippen molar-refractivity contribution >= 4 is 17.7 Å². The molecule has 1 aromatic carbocycles. The third kappa shape index (κ3) is 4.56. The number of imide groups is 1.